The average Bonchev–Trinajstić information content (AvgIpc) is 2.68. The van der Waals surface area contributed by atoms with E-state index in [4.69, 9.17) is 14.3 Å². The van der Waals surface area contributed by atoms with Gasteiger partial charge in [0.15, 0.2) is 5.76 Å². The third-order valence-electron chi connectivity index (χ3n) is 2.50. The molecule has 0 atom stereocenters. The summed E-state index contributed by atoms with van der Waals surface area (Å²) in [5, 5.41) is 8.68. The van der Waals surface area contributed by atoms with Crippen LogP contribution in [0.4, 0.5) is 0 Å². The molecule has 0 saturated carbocycles. The van der Waals surface area contributed by atoms with Gasteiger partial charge in [0.2, 0.25) is 5.76 Å². The number of quaternary nitrogens is 1. The van der Waals surface area contributed by atoms with E-state index in [-0.39, 0.29) is 5.76 Å². The minimum Gasteiger partial charge on any atom is -0.475 e. The summed E-state index contributed by atoms with van der Waals surface area (Å²) in [5.41, 5.74) is 0. The Balaban J connectivity index is 1.94. The van der Waals surface area contributed by atoms with Crippen LogP contribution in [-0.4, -0.2) is 37.4 Å². The van der Waals surface area contributed by atoms with Crippen LogP contribution in [0.3, 0.4) is 0 Å². The third-order valence-corrected chi connectivity index (χ3v) is 2.50. The Labute approximate surface area is 87.2 Å². The molecule has 1 aromatic rings. The van der Waals surface area contributed by atoms with E-state index in [0.29, 0.717) is 0 Å². The monoisotopic (exact) mass is 212 g/mol. The minimum atomic E-state index is -1.02. The van der Waals surface area contributed by atoms with Crippen LogP contribution in [0.1, 0.15) is 16.3 Å². The summed E-state index contributed by atoms with van der Waals surface area (Å²) < 4.78 is 10.4. The van der Waals surface area contributed by atoms with E-state index in [1.54, 1.807) is 6.07 Å². The first-order chi connectivity index (χ1) is 7.25. The van der Waals surface area contributed by atoms with Crippen molar-refractivity contribution in [2.24, 2.45) is 0 Å². The number of rotatable bonds is 3. The fourth-order valence-corrected chi connectivity index (χ4v) is 1.67. The lowest BCUT2D eigenvalue weighted by atomic mass is 10.3. The largest absolute Gasteiger partial charge is 0.475 e. The number of hydrogen-bond acceptors (Lipinski definition) is 3. The highest BCUT2D eigenvalue weighted by atomic mass is 16.5. The summed E-state index contributed by atoms with van der Waals surface area (Å²) in [6.45, 7) is 4.16. The van der Waals surface area contributed by atoms with Crippen molar-refractivity contribution in [3.05, 3.63) is 23.7 Å². The van der Waals surface area contributed by atoms with Gasteiger partial charge in [-0.05, 0) is 12.1 Å². The maximum absolute atomic E-state index is 10.6. The van der Waals surface area contributed by atoms with E-state index in [2.05, 4.69) is 0 Å². The van der Waals surface area contributed by atoms with Crippen molar-refractivity contribution < 1.29 is 24.0 Å². The van der Waals surface area contributed by atoms with Crippen LogP contribution < -0.4 is 4.90 Å². The Kier molecular flexibility index (Phi) is 3.03. The van der Waals surface area contributed by atoms with Crippen LogP contribution in [0.5, 0.6) is 0 Å². The molecule has 1 fully saturated rings. The molecule has 5 nitrogen and oxygen atoms in total. The minimum absolute atomic E-state index is 0.0117. The Morgan fingerprint density at radius 2 is 2.13 bits per heavy atom. The summed E-state index contributed by atoms with van der Waals surface area (Å²) in [7, 11) is 0. The van der Waals surface area contributed by atoms with Crippen LogP contribution in [0.2, 0.25) is 0 Å². The molecule has 0 unspecified atom stereocenters. The highest BCUT2D eigenvalue weighted by Gasteiger charge is 2.17. The second kappa shape index (κ2) is 4.46. The number of ether oxygens (including phenoxy) is 1. The first-order valence-electron chi connectivity index (χ1n) is 4.99. The second-order valence-corrected chi connectivity index (χ2v) is 3.61. The zero-order chi connectivity index (χ0) is 10.7. The molecule has 1 aliphatic heterocycles. The Hall–Kier alpha value is -1.33. The lowest BCUT2D eigenvalue weighted by Crippen LogP contribution is -3.12. The number of aromatic carboxylic acids is 1. The molecule has 82 valence electrons. The van der Waals surface area contributed by atoms with Crippen molar-refractivity contribution >= 4 is 5.97 Å². The number of carbonyl (C=O) groups is 1. The van der Waals surface area contributed by atoms with Crippen LogP contribution in [0.25, 0.3) is 0 Å². The van der Waals surface area contributed by atoms with Crippen molar-refractivity contribution in [2.75, 3.05) is 26.3 Å². The van der Waals surface area contributed by atoms with Crippen molar-refractivity contribution in [1.82, 2.24) is 0 Å². The summed E-state index contributed by atoms with van der Waals surface area (Å²) in [6.07, 6.45) is 0. The number of furan rings is 1. The molecule has 1 saturated heterocycles. The zero-order valence-corrected chi connectivity index (χ0v) is 8.36. The van der Waals surface area contributed by atoms with Crippen molar-refractivity contribution in [2.45, 2.75) is 6.54 Å². The first-order valence-corrected chi connectivity index (χ1v) is 4.99. The van der Waals surface area contributed by atoms with E-state index < -0.39 is 5.97 Å². The van der Waals surface area contributed by atoms with Crippen LogP contribution >= 0.6 is 0 Å². The zero-order valence-electron chi connectivity index (χ0n) is 8.36. The molecule has 2 rings (SSSR count). The van der Waals surface area contributed by atoms with Crippen LogP contribution in [0.15, 0.2) is 16.5 Å². The van der Waals surface area contributed by atoms with Gasteiger partial charge < -0.3 is 19.2 Å². The molecule has 1 aliphatic rings. The molecule has 5 heteroatoms. The predicted octanol–water partition coefficient (Wildman–Crippen LogP) is -0.607. The lowest BCUT2D eigenvalue weighted by Gasteiger charge is -2.22. The van der Waals surface area contributed by atoms with Gasteiger partial charge in [-0.25, -0.2) is 4.79 Å². The lowest BCUT2D eigenvalue weighted by molar-refractivity contribution is -0.922. The van der Waals surface area contributed by atoms with E-state index in [0.717, 1.165) is 38.6 Å². The number of carboxylic acids is 1. The summed E-state index contributed by atoms with van der Waals surface area (Å²) in [5.74, 6) is -0.278. The molecule has 2 N–H and O–H groups in total. The Morgan fingerprint density at radius 1 is 1.40 bits per heavy atom. The molecule has 2 heterocycles. The highest BCUT2D eigenvalue weighted by molar-refractivity contribution is 5.84. The SMILES string of the molecule is O=C(O)c1ccc(C[NH+]2CCOCC2)o1. The number of carboxylic acid groups (broad SMARTS) is 1. The molecule has 1 aromatic heterocycles. The fourth-order valence-electron chi connectivity index (χ4n) is 1.67. The number of morpholine rings is 1. The summed E-state index contributed by atoms with van der Waals surface area (Å²) in [6, 6.07) is 3.23. The fraction of sp³-hybridized carbons (Fsp3) is 0.500. The molecule has 0 radical (unpaired) electrons. The normalized spacial score (nSPS) is 17.9. The number of hydrogen-bond donors (Lipinski definition) is 2. The van der Waals surface area contributed by atoms with Crippen molar-refractivity contribution in [3.63, 3.8) is 0 Å². The van der Waals surface area contributed by atoms with Gasteiger partial charge in [0, 0.05) is 0 Å². The highest BCUT2D eigenvalue weighted by Crippen LogP contribution is 2.06. The van der Waals surface area contributed by atoms with Gasteiger partial charge in [-0.15, -0.1) is 0 Å². The second-order valence-electron chi connectivity index (χ2n) is 3.61. The molecule has 0 aliphatic carbocycles. The maximum Gasteiger partial charge on any atom is 0.371 e. The Morgan fingerprint density at radius 3 is 2.73 bits per heavy atom. The molecular weight excluding hydrogens is 198 g/mol. The average molecular weight is 212 g/mol. The van der Waals surface area contributed by atoms with E-state index in [1.807, 2.05) is 0 Å². The van der Waals surface area contributed by atoms with Crippen molar-refractivity contribution in [1.29, 1.82) is 0 Å². The van der Waals surface area contributed by atoms with Gasteiger partial charge in [0.25, 0.3) is 0 Å². The van der Waals surface area contributed by atoms with Gasteiger partial charge in [-0.2, -0.15) is 0 Å². The van der Waals surface area contributed by atoms with Gasteiger partial charge in [-0.3, -0.25) is 0 Å². The summed E-state index contributed by atoms with van der Waals surface area (Å²) in [4.78, 5) is 12.0. The van der Waals surface area contributed by atoms with Gasteiger partial charge in [0.05, 0.1) is 13.2 Å². The van der Waals surface area contributed by atoms with Gasteiger partial charge in [-0.1, -0.05) is 0 Å². The van der Waals surface area contributed by atoms with Crippen LogP contribution in [0, 0.1) is 0 Å². The number of nitrogens with one attached hydrogen (secondary N) is 1. The molecule has 0 aromatic carbocycles. The van der Waals surface area contributed by atoms with Crippen molar-refractivity contribution in [3.8, 4) is 0 Å². The predicted molar refractivity (Wildman–Crippen MR) is 50.9 cm³/mol. The first kappa shape index (κ1) is 10.2. The van der Waals surface area contributed by atoms with Gasteiger partial charge in [0.1, 0.15) is 19.6 Å². The molecule has 0 bridgehead atoms. The molecule has 0 spiro atoms. The quantitative estimate of drug-likeness (QED) is 0.701. The summed E-state index contributed by atoms with van der Waals surface area (Å²) >= 11 is 0. The smallest absolute Gasteiger partial charge is 0.371 e. The molecule has 0 amide bonds. The Bertz CT molecular complexity index is 341. The third kappa shape index (κ3) is 2.57. The van der Waals surface area contributed by atoms with E-state index in [9.17, 15) is 4.79 Å². The molecular formula is C10H14NO4+. The van der Waals surface area contributed by atoms with E-state index in [1.165, 1.54) is 11.0 Å². The molecule has 15 heavy (non-hydrogen) atoms. The topological polar surface area (TPSA) is 64.1 Å². The maximum atomic E-state index is 10.6. The van der Waals surface area contributed by atoms with E-state index >= 15 is 0 Å². The van der Waals surface area contributed by atoms with Gasteiger partial charge >= 0.3 is 5.97 Å². The van der Waals surface area contributed by atoms with Crippen LogP contribution in [-0.2, 0) is 11.3 Å². The standard InChI is InChI=1S/C10H13NO4/c12-10(13)9-2-1-8(15-9)7-11-3-5-14-6-4-11/h1-2H,3-7H2,(H,12,13)/p+1.